The molecule has 0 unspecified atom stereocenters. The second-order valence-corrected chi connectivity index (χ2v) is 7.56. The molecule has 2 aromatic carbocycles. The first-order valence-electron chi connectivity index (χ1n) is 9.06. The Labute approximate surface area is 170 Å². The highest BCUT2D eigenvalue weighted by Gasteiger charge is 2.15. The Morgan fingerprint density at radius 2 is 2.03 bits per heavy atom. The van der Waals surface area contributed by atoms with Crippen LogP contribution in [0.5, 0.6) is 0 Å². The third-order valence-electron chi connectivity index (χ3n) is 4.64. The predicted octanol–water partition coefficient (Wildman–Crippen LogP) is 4.48. The summed E-state index contributed by atoms with van der Waals surface area (Å²) < 4.78 is 0. The number of H-pyrrole nitrogens is 1. The maximum Gasteiger partial charge on any atom is 0.270 e. The number of nitrogens with zero attached hydrogens (tertiary/aromatic N) is 2. The number of carbonyl (C=O) groups excluding carboxylic acids is 1. The van der Waals surface area contributed by atoms with E-state index in [9.17, 15) is 14.9 Å². The van der Waals surface area contributed by atoms with Gasteiger partial charge in [0.1, 0.15) is 5.01 Å². The smallest absolute Gasteiger partial charge is 0.270 e. The third-order valence-corrected chi connectivity index (χ3v) is 5.58. The highest BCUT2D eigenvalue weighted by atomic mass is 32.1. The number of aromatic amines is 1. The van der Waals surface area contributed by atoms with Crippen molar-refractivity contribution in [3.8, 4) is 10.6 Å². The van der Waals surface area contributed by atoms with Crippen LogP contribution in [0.2, 0.25) is 0 Å². The Bertz CT molecular complexity index is 1190. The van der Waals surface area contributed by atoms with Crippen molar-refractivity contribution in [3.63, 3.8) is 0 Å². The highest BCUT2D eigenvalue weighted by molar-refractivity contribution is 7.13. The number of fused-ring (bicyclic) bond motifs is 1. The van der Waals surface area contributed by atoms with Gasteiger partial charge in [0.2, 0.25) is 0 Å². The number of aryl methyl sites for hydroxylation is 1. The Kier molecular flexibility index (Phi) is 5.09. The zero-order valence-electron chi connectivity index (χ0n) is 15.6. The predicted molar refractivity (Wildman–Crippen MR) is 113 cm³/mol. The van der Waals surface area contributed by atoms with Gasteiger partial charge >= 0.3 is 0 Å². The van der Waals surface area contributed by atoms with Gasteiger partial charge in [0.15, 0.2) is 0 Å². The highest BCUT2D eigenvalue weighted by Crippen LogP contribution is 2.25. The summed E-state index contributed by atoms with van der Waals surface area (Å²) in [6.07, 6.45) is 2.18. The molecule has 0 fully saturated rings. The third kappa shape index (κ3) is 4.02. The lowest BCUT2D eigenvalue weighted by molar-refractivity contribution is -0.384. The summed E-state index contributed by atoms with van der Waals surface area (Å²) >= 11 is 1.58. The van der Waals surface area contributed by atoms with Crippen molar-refractivity contribution in [2.75, 3.05) is 6.54 Å². The minimum absolute atomic E-state index is 0.0442. The molecule has 0 aliphatic rings. The maximum atomic E-state index is 12.5. The monoisotopic (exact) mass is 406 g/mol. The SMILES string of the molecule is Cc1ccc(-c2nc(CCNC(=O)c3c[nH]c4ccc([N+](=O)[O-])cc34)cs2)cc1. The number of aromatic nitrogens is 2. The fourth-order valence-corrected chi connectivity index (χ4v) is 3.92. The Morgan fingerprint density at radius 3 is 2.79 bits per heavy atom. The molecule has 1 amide bonds. The molecule has 2 aromatic heterocycles. The van der Waals surface area contributed by atoms with Crippen LogP contribution in [0.15, 0.2) is 54.0 Å². The van der Waals surface area contributed by atoms with E-state index in [4.69, 9.17) is 0 Å². The fourth-order valence-electron chi connectivity index (χ4n) is 3.06. The Morgan fingerprint density at radius 1 is 1.24 bits per heavy atom. The van der Waals surface area contributed by atoms with E-state index in [0.717, 1.165) is 16.3 Å². The average molecular weight is 406 g/mol. The van der Waals surface area contributed by atoms with Crippen LogP contribution in [0.25, 0.3) is 21.5 Å². The van der Waals surface area contributed by atoms with Gasteiger partial charge in [-0.05, 0) is 13.0 Å². The number of nitro groups is 1. The molecule has 7 nitrogen and oxygen atoms in total. The van der Waals surface area contributed by atoms with Crippen molar-refractivity contribution >= 4 is 33.8 Å². The molecule has 4 aromatic rings. The molecule has 8 heteroatoms. The van der Waals surface area contributed by atoms with E-state index >= 15 is 0 Å². The zero-order chi connectivity index (χ0) is 20.4. The lowest BCUT2D eigenvalue weighted by Gasteiger charge is -2.03. The molecule has 2 N–H and O–H groups in total. The molecule has 146 valence electrons. The van der Waals surface area contributed by atoms with Gasteiger partial charge in [-0.15, -0.1) is 11.3 Å². The number of rotatable bonds is 6. The number of nitro benzene ring substituents is 1. The van der Waals surface area contributed by atoms with Crippen molar-refractivity contribution in [2.24, 2.45) is 0 Å². The van der Waals surface area contributed by atoms with E-state index in [2.05, 4.69) is 39.6 Å². The van der Waals surface area contributed by atoms with Gasteiger partial charge in [-0.1, -0.05) is 29.8 Å². The molecule has 0 saturated carbocycles. The van der Waals surface area contributed by atoms with Gasteiger partial charge in [-0.3, -0.25) is 14.9 Å². The van der Waals surface area contributed by atoms with E-state index in [1.807, 2.05) is 12.3 Å². The van der Waals surface area contributed by atoms with Crippen LogP contribution in [-0.4, -0.2) is 27.3 Å². The number of non-ortho nitro benzene ring substituents is 1. The van der Waals surface area contributed by atoms with Gasteiger partial charge in [-0.25, -0.2) is 4.98 Å². The molecule has 0 spiro atoms. The number of benzene rings is 2. The number of hydrogen-bond donors (Lipinski definition) is 2. The summed E-state index contributed by atoms with van der Waals surface area (Å²) in [5, 5.41) is 17.3. The largest absolute Gasteiger partial charge is 0.360 e. The van der Waals surface area contributed by atoms with Crippen molar-refractivity contribution < 1.29 is 9.72 Å². The van der Waals surface area contributed by atoms with Crippen LogP contribution in [0.4, 0.5) is 5.69 Å². The maximum absolute atomic E-state index is 12.5. The van der Waals surface area contributed by atoms with Crippen LogP contribution >= 0.6 is 11.3 Å². The molecule has 0 radical (unpaired) electrons. The summed E-state index contributed by atoms with van der Waals surface area (Å²) in [7, 11) is 0. The van der Waals surface area contributed by atoms with E-state index in [1.54, 1.807) is 23.6 Å². The van der Waals surface area contributed by atoms with Crippen LogP contribution in [0.3, 0.4) is 0 Å². The average Bonchev–Trinajstić information content (AvgIpc) is 3.35. The van der Waals surface area contributed by atoms with Crippen LogP contribution in [0.1, 0.15) is 21.6 Å². The van der Waals surface area contributed by atoms with Crippen molar-refractivity contribution in [1.29, 1.82) is 0 Å². The Balaban J connectivity index is 1.40. The van der Waals surface area contributed by atoms with Gasteiger partial charge in [0.05, 0.1) is 16.2 Å². The topological polar surface area (TPSA) is 101 Å². The molecule has 4 rings (SSSR count). The van der Waals surface area contributed by atoms with Crippen LogP contribution in [0, 0.1) is 17.0 Å². The second-order valence-electron chi connectivity index (χ2n) is 6.71. The van der Waals surface area contributed by atoms with Crippen LogP contribution < -0.4 is 5.32 Å². The van der Waals surface area contributed by atoms with E-state index in [-0.39, 0.29) is 11.6 Å². The molecule has 0 aliphatic carbocycles. The lowest BCUT2D eigenvalue weighted by Crippen LogP contribution is -2.25. The number of amides is 1. The van der Waals surface area contributed by atoms with Crippen molar-refractivity contribution in [2.45, 2.75) is 13.3 Å². The lowest BCUT2D eigenvalue weighted by atomic mass is 10.1. The number of thiazole rings is 1. The molecular weight excluding hydrogens is 388 g/mol. The van der Waals surface area contributed by atoms with E-state index in [0.29, 0.717) is 29.4 Å². The zero-order valence-corrected chi connectivity index (χ0v) is 16.5. The first-order valence-corrected chi connectivity index (χ1v) is 9.94. The molecular formula is C21H18N4O3S. The molecule has 2 heterocycles. The first kappa shape index (κ1) is 18.8. The summed E-state index contributed by atoms with van der Waals surface area (Å²) in [5.41, 5.74) is 4.23. The van der Waals surface area contributed by atoms with Crippen molar-refractivity contribution in [1.82, 2.24) is 15.3 Å². The minimum atomic E-state index is -0.470. The van der Waals surface area contributed by atoms with E-state index < -0.39 is 4.92 Å². The van der Waals surface area contributed by atoms with Gasteiger partial charge in [0.25, 0.3) is 11.6 Å². The summed E-state index contributed by atoms with van der Waals surface area (Å²) in [6.45, 7) is 2.48. The molecule has 0 aliphatic heterocycles. The molecule has 0 saturated heterocycles. The van der Waals surface area contributed by atoms with Gasteiger partial charge in [0, 0.05) is 53.1 Å². The number of nitrogens with one attached hydrogen (secondary N) is 2. The standard InChI is InChI=1S/C21H18N4O3S/c1-13-2-4-14(5-3-13)21-24-15(12-29-21)8-9-22-20(26)18-11-23-19-7-6-16(25(27)28)10-17(18)19/h2-7,10-12,23H,8-9H2,1H3,(H,22,26). The summed E-state index contributed by atoms with van der Waals surface area (Å²) in [6, 6.07) is 12.6. The molecule has 0 atom stereocenters. The fraction of sp³-hybridized carbons (Fsp3) is 0.143. The van der Waals surface area contributed by atoms with Gasteiger partial charge < -0.3 is 10.3 Å². The van der Waals surface area contributed by atoms with Gasteiger partial charge in [-0.2, -0.15) is 0 Å². The van der Waals surface area contributed by atoms with E-state index in [1.165, 1.54) is 17.7 Å². The summed E-state index contributed by atoms with van der Waals surface area (Å²) in [5.74, 6) is -0.272. The molecule has 0 bridgehead atoms. The quantitative estimate of drug-likeness (QED) is 0.364. The molecule has 29 heavy (non-hydrogen) atoms. The minimum Gasteiger partial charge on any atom is -0.360 e. The van der Waals surface area contributed by atoms with Crippen LogP contribution in [-0.2, 0) is 6.42 Å². The Hall–Kier alpha value is -3.52. The van der Waals surface area contributed by atoms with Crippen molar-refractivity contribution in [3.05, 3.63) is 81.0 Å². The first-order chi connectivity index (χ1) is 14.0. The second kappa shape index (κ2) is 7.84. The summed E-state index contributed by atoms with van der Waals surface area (Å²) in [4.78, 5) is 30.7. The number of hydrogen-bond acceptors (Lipinski definition) is 5. The normalized spacial score (nSPS) is 10.9. The number of carbonyl (C=O) groups is 1.